The summed E-state index contributed by atoms with van der Waals surface area (Å²) in [7, 11) is 3.42. The zero-order valence-corrected chi connectivity index (χ0v) is 18.4. The lowest BCUT2D eigenvalue weighted by atomic mass is 10.0. The van der Waals surface area contributed by atoms with E-state index in [2.05, 4.69) is 10.4 Å². The summed E-state index contributed by atoms with van der Waals surface area (Å²) in [6, 6.07) is 18.6. The molecule has 0 saturated carbocycles. The minimum absolute atomic E-state index is 0.0658. The van der Waals surface area contributed by atoms with Crippen molar-refractivity contribution in [1.82, 2.24) is 9.91 Å². The fraction of sp³-hybridized carbons (Fsp3) is 0.240. The molecule has 0 spiro atoms. The lowest BCUT2D eigenvalue weighted by molar-refractivity contribution is -0.131. The highest BCUT2D eigenvalue weighted by molar-refractivity contribution is 6.03. The van der Waals surface area contributed by atoms with Crippen molar-refractivity contribution in [3.63, 3.8) is 0 Å². The van der Waals surface area contributed by atoms with Gasteiger partial charge in [-0.05, 0) is 48.9 Å². The molecule has 7 heteroatoms. The van der Waals surface area contributed by atoms with Crippen LogP contribution in [0.4, 0.5) is 5.69 Å². The first-order valence-electron chi connectivity index (χ1n) is 10.5. The van der Waals surface area contributed by atoms with Crippen molar-refractivity contribution in [3.8, 4) is 0 Å². The molecule has 2 aromatic carbocycles. The van der Waals surface area contributed by atoms with Crippen LogP contribution >= 0.6 is 0 Å². The Labute approximate surface area is 187 Å². The second-order valence-electron chi connectivity index (χ2n) is 8.02. The van der Waals surface area contributed by atoms with Crippen molar-refractivity contribution in [3.05, 3.63) is 89.4 Å². The molecule has 32 heavy (non-hydrogen) atoms. The number of furan rings is 1. The van der Waals surface area contributed by atoms with E-state index in [4.69, 9.17) is 4.42 Å². The van der Waals surface area contributed by atoms with E-state index in [1.54, 1.807) is 44.6 Å². The number of nitrogens with one attached hydrogen (secondary N) is 1. The van der Waals surface area contributed by atoms with Gasteiger partial charge in [-0.15, -0.1) is 0 Å². The first kappa shape index (κ1) is 21.4. The summed E-state index contributed by atoms with van der Waals surface area (Å²) in [5.41, 5.74) is 4.37. The van der Waals surface area contributed by atoms with E-state index >= 15 is 0 Å². The molecular weight excluding hydrogens is 404 g/mol. The van der Waals surface area contributed by atoms with Crippen LogP contribution in [-0.4, -0.2) is 48.1 Å². The summed E-state index contributed by atoms with van der Waals surface area (Å²) in [4.78, 5) is 26.6. The fourth-order valence-corrected chi connectivity index (χ4v) is 3.61. The van der Waals surface area contributed by atoms with Crippen LogP contribution in [0.5, 0.6) is 0 Å². The summed E-state index contributed by atoms with van der Waals surface area (Å²) in [6.07, 6.45) is 2.19. The molecule has 0 bridgehead atoms. The van der Waals surface area contributed by atoms with Crippen molar-refractivity contribution < 1.29 is 14.0 Å². The Bertz CT molecular complexity index is 1120. The minimum Gasteiger partial charge on any atom is -0.467 e. The first-order chi connectivity index (χ1) is 15.4. The molecule has 1 N–H and O–H groups in total. The van der Waals surface area contributed by atoms with Crippen LogP contribution in [0.15, 0.2) is 76.4 Å². The predicted molar refractivity (Wildman–Crippen MR) is 124 cm³/mol. The molecule has 2 amide bonds. The number of hydrogen-bond donors (Lipinski definition) is 1. The second-order valence-corrected chi connectivity index (χ2v) is 8.02. The topological polar surface area (TPSA) is 78.2 Å². The maximum absolute atomic E-state index is 13.1. The molecule has 1 aliphatic rings. The number of hydrogen-bond acceptors (Lipinski definition) is 5. The normalized spacial score (nSPS) is 15.4. The predicted octanol–water partition coefficient (Wildman–Crippen LogP) is 4.08. The molecule has 1 aromatic heterocycles. The van der Waals surface area contributed by atoms with E-state index in [0.29, 0.717) is 17.7 Å². The number of nitrogens with zero attached hydrogens (tertiary/aromatic N) is 3. The number of amides is 2. The fourth-order valence-electron chi connectivity index (χ4n) is 3.61. The van der Waals surface area contributed by atoms with Crippen molar-refractivity contribution in [2.45, 2.75) is 19.4 Å². The van der Waals surface area contributed by atoms with Crippen molar-refractivity contribution >= 4 is 23.2 Å². The molecular formula is C25H26N4O3. The summed E-state index contributed by atoms with van der Waals surface area (Å²) in [5, 5.41) is 9.28. The maximum atomic E-state index is 13.1. The minimum atomic E-state index is -0.282. The molecule has 1 aliphatic heterocycles. The molecule has 3 aromatic rings. The molecule has 0 saturated heterocycles. The third-order valence-corrected chi connectivity index (χ3v) is 5.40. The van der Waals surface area contributed by atoms with Gasteiger partial charge in [-0.2, -0.15) is 5.10 Å². The Hall–Kier alpha value is -3.87. The highest BCUT2D eigenvalue weighted by Gasteiger charge is 2.34. The van der Waals surface area contributed by atoms with E-state index in [0.717, 1.165) is 17.0 Å². The second kappa shape index (κ2) is 9.09. The van der Waals surface area contributed by atoms with Gasteiger partial charge in [-0.25, -0.2) is 5.01 Å². The van der Waals surface area contributed by atoms with Crippen LogP contribution in [-0.2, 0) is 4.79 Å². The molecule has 4 rings (SSSR count). The summed E-state index contributed by atoms with van der Waals surface area (Å²) >= 11 is 0. The van der Waals surface area contributed by atoms with Gasteiger partial charge in [0.25, 0.3) is 11.8 Å². The van der Waals surface area contributed by atoms with Gasteiger partial charge in [0.05, 0.1) is 18.5 Å². The van der Waals surface area contributed by atoms with Crippen molar-refractivity contribution in [1.29, 1.82) is 0 Å². The molecule has 0 radical (unpaired) electrons. The molecule has 0 aliphatic carbocycles. The monoisotopic (exact) mass is 430 g/mol. The molecule has 7 nitrogen and oxygen atoms in total. The van der Waals surface area contributed by atoms with E-state index in [1.165, 1.54) is 15.5 Å². The van der Waals surface area contributed by atoms with Gasteiger partial charge in [0.15, 0.2) is 0 Å². The number of aryl methyl sites for hydroxylation is 1. The van der Waals surface area contributed by atoms with Crippen LogP contribution in [0, 0.1) is 6.92 Å². The summed E-state index contributed by atoms with van der Waals surface area (Å²) < 4.78 is 5.60. The molecule has 1 atom stereocenters. The molecule has 0 unspecified atom stereocenters. The van der Waals surface area contributed by atoms with Crippen LogP contribution in [0.1, 0.15) is 39.7 Å². The smallest absolute Gasteiger partial charge is 0.262 e. The third-order valence-electron chi connectivity index (χ3n) is 5.40. The van der Waals surface area contributed by atoms with Gasteiger partial charge < -0.3 is 14.6 Å². The zero-order chi connectivity index (χ0) is 22.7. The molecule has 2 heterocycles. The molecule has 164 valence electrons. The lowest BCUT2D eigenvalue weighted by Crippen LogP contribution is -2.32. The van der Waals surface area contributed by atoms with Gasteiger partial charge in [-0.3, -0.25) is 9.59 Å². The average molecular weight is 431 g/mol. The Morgan fingerprint density at radius 3 is 2.44 bits per heavy atom. The number of hydrazone groups is 1. The first-order valence-corrected chi connectivity index (χ1v) is 10.5. The zero-order valence-electron chi connectivity index (χ0n) is 18.4. The van der Waals surface area contributed by atoms with Crippen LogP contribution < -0.4 is 5.32 Å². The van der Waals surface area contributed by atoms with Gasteiger partial charge in [0.1, 0.15) is 11.8 Å². The highest BCUT2D eigenvalue weighted by Crippen LogP contribution is 2.33. The number of rotatable bonds is 6. The van der Waals surface area contributed by atoms with E-state index in [9.17, 15) is 9.59 Å². The van der Waals surface area contributed by atoms with Crippen LogP contribution in [0.25, 0.3) is 0 Å². The lowest BCUT2D eigenvalue weighted by Gasteiger charge is -2.20. The molecule has 0 fully saturated rings. The van der Waals surface area contributed by atoms with Gasteiger partial charge in [-0.1, -0.05) is 29.8 Å². The Kier molecular flexibility index (Phi) is 6.07. The highest BCUT2D eigenvalue weighted by atomic mass is 16.3. The number of benzene rings is 2. The summed E-state index contributed by atoms with van der Waals surface area (Å²) in [6.45, 7) is 2.11. The van der Waals surface area contributed by atoms with E-state index < -0.39 is 0 Å². The third kappa shape index (κ3) is 4.56. The summed E-state index contributed by atoms with van der Waals surface area (Å²) in [5.74, 6) is 0.474. The number of carbonyl (C=O) groups is 2. The van der Waals surface area contributed by atoms with Gasteiger partial charge >= 0.3 is 0 Å². The Morgan fingerprint density at radius 2 is 1.81 bits per heavy atom. The van der Waals surface area contributed by atoms with Crippen molar-refractivity contribution in [2.24, 2.45) is 5.10 Å². The largest absolute Gasteiger partial charge is 0.467 e. The van der Waals surface area contributed by atoms with Gasteiger partial charge in [0, 0.05) is 31.8 Å². The quantitative estimate of drug-likeness (QED) is 0.639. The van der Waals surface area contributed by atoms with E-state index in [1.807, 2.05) is 43.3 Å². The average Bonchev–Trinajstić information content (AvgIpc) is 3.48. The Balaban J connectivity index is 1.48. The van der Waals surface area contributed by atoms with Crippen LogP contribution in [0.2, 0.25) is 0 Å². The SMILES string of the molecule is Cc1ccc(C2=NN(C(=O)CNc3ccc(C(=O)N(C)C)cc3)[C@H](c3ccco3)C2)cc1. The van der Waals surface area contributed by atoms with Gasteiger partial charge in [0.2, 0.25) is 0 Å². The standard InChI is InChI=1S/C25H26N4O3/c1-17-6-8-18(9-7-17)21-15-22(23-5-4-14-32-23)29(27-21)24(30)16-26-20-12-10-19(11-13-20)25(31)28(2)3/h4-14,22,26H,15-16H2,1-3H3/t22-/m0/s1. The van der Waals surface area contributed by atoms with E-state index in [-0.39, 0.29) is 24.4 Å². The van der Waals surface area contributed by atoms with Crippen LogP contribution in [0.3, 0.4) is 0 Å². The Morgan fingerprint density at radius 1 is 1.09 bits per heavy atom. The van der Waals surface area contributed by atoms with Crippen molar-refractivity contribution in [2.75, 3.05) is 26.0 Å². The number of anilines is 1. The maximum Gasteiger partial charge on any atom is 0.262 e. The number of carbonyl (C=O) groups excluding carboxylic acids is 2.